The second kappa shape index (κ2) is 25.2. The van der Waals surface area contributed by atoms with Crippen molar-refractivity contribution in [1.29, 1.82) is 0 Å². The fourth-order valence-electron chi connectivity index (χ4n) is 17.7. The number of hydrogen-bond donors (Lipinski definition) is 16. The molecule has 28 heteroatoms. The average molecular weight is 1270 g/mol. The molecule has 28 nitrogen and oxygen atoms in total. The number of Topliss-reactive ketones (excluding diaryl/α,β-unsaturated/α-hetero) is 1. The van der Waals surface area contributed by atoms with Crippen LogP contribution in [0.1, 0.15) is 120 Å². The molecule has 5 aliphatic heterocycles. The molecule has 0 amide bonds. The molecule has 0 aromatic rings. The first-order chi connectivity index (χ1) is 41.2. The van der Waals surface area contributed by atoms with Crippen molar-refractivity contribution in [3.8, 4) is 0 Å². The fraction of sp³-hybridized carbons (Fsp3) is 0.933. The molecule has 504 valence electrons. The van der Waals surface area contributed by atoms with Crippen LogP contribution in [0.25, 0.3) is 0 Å². The summed E-state index contributed by atoms with van der Waals surface area (Å²) in [4.78, 5) is 30.0. The zero-order valence-corrected chi connectivity index (χ0v) is 51.1. The van der Waals surface area contributed by atoms with E-state index in [1.807, 2.05) is 13.8 Å². The summed E-state index contributed by atoms with van der Waals surface area (Å²) < 4.78 is 61.4. The second-order valence-corrected chi connectivity index (χ2v) is 28.8. The van der Waals surface area contributed by atoms with Crippen LogP contribution < -0.4 is 0 Å². The Bertz CT molecular complexity index is 2520. The topological polar surface area (TPSA) is 450 Å². The van der Waals surface area contributed by atoms with Gasteiger partial charge in [-0.25, -0.2) is 0 Å². The largest absolute Gasteiger partial charge is 0.432 e. The third-order valence-electron chi connectivity index (χ3n) is 23.4. The minimum absolute atomic E-state index is 0.0567. The van der Waals surface area contributed by atoms with Crippen molar-refractivity contribution in [1.82, 2.24) is 0 Å². The number of carbonyl (C=O) groups excluding carboxylic acids is 2. The van der Waals surface area contributed by atoms with Crippen LogP contribution in [0.2, 0.25) is 0 Å². The Balaban J connectivity index is 0.947. The van der Waals surface area contributed by atoms with Crippen molar-refractivity contribution in [2.75, 3.05) is 26.4 Å². The van der Waals surface area contributed by atoms with Crippen LogP contribution >= 0.6 is 0 Å². The standard InChI is InChI=1S/C60H96O28/c1-23-33(65)38(70)42(74)49(79-23)87-47-45(85-52-46(41(73)36(68)27(21-63)82-52)86-50-43(75)39(71)34(66)25(19-61)80-50)37(69)28(22-64)83-53(47)84-31-12-13-57(6)29(56(31,4)5)11-14-59(8)30(57)10-9-24-32-48(77)55(2,3)15-17-60(32,18-16-58(24,59)7)54(78)88-51-44(76)40(72)35(67)26(20-62)81-51/h23,25-31,33-47,49-53,61-76H,9-22H2,1-8H3/t23-,25+,26+,27+,28+,29-,30+,31-,33-,34+,35+,36+,37+,38+,39-,40-,41-,42+,43+,44+,45-,46+,47+,49-,50-,51-,52-,53-,57-,58+,59+,60-/m0/s1. The van der Waals surface area contributed by atoms with Crippen molar-refractivity contribution >= 4 is 11.8 Å². The van der Waals surface area contributed by atoms with Gasteiger partial charge in [0.2, 0.25) is 6.29 Å². The molecule has 0 aromatic carbocycles. The number of aliphatic hydroxyl groups excluding tert-OH is 16. The molecule has 0 radical (unpaired) electrons. The first-order valence-electron chi connectivity index (χ1n) is 31.2. The molecule has 0 bridgehead atoms. The van der Waals surface area contributed by atoms with Gasteiger partial charge in [-0.05, 0) is 105 Å². The Hall–Kier alpha value is -2.12. The third kappa shape index (κ3) is 11.1. The molecule has 32 atom stereocenters. The summed E-state index contributed by atoms with van der Waals surface area (Å²) in [6.07, 6.45) is -39.8. The number of ketones is 1. The van der Waals surface area contributed by atoms with E-state index in [1.54, 1.807) is 0 Å². The Morgan fingerprint density at radius 2 is 0.943 bits per heavy atom. The van der Waals surface area contributed by atoms with E-state index in [4.69, 9.17) is 47.4 Å². The van der Waals surface area contributed by atoms with Gasteiger partial charge in [0.25, 0.3) is 0 Å². The van der Waals surface area contributed by atoms with Gasteiger partial charge in [-0.15, -0.1) is 0 Å². The highest BCUT2D eigenvalue weighted by molar-refractivity contribution is 6.07. The molecule has 4 saturated carbocycles. The maximum atomic E-state index is 15.1. The van der Waals surface area contributed by atoms with Crippen LogP contribution in [0.4, 0.5) is 0 Å². The van der Waals surface area contributed by atoms with Gasteiger partial charge in [-0.1, -0.05) is 54.0 Å². The molecule has 0 unspecified atom stereocenters. The molecule has 5 aliphatic carbocycles. The number of allylic oxidation sites excluding steroid dienone is 1. The number of fused-ring (bicyclic) bond motifs is 6. The summed E-state index contributed by atoms with van der Waals surface area (Å²) in [6, 6.07) is 0. The van der Waals surface area contributed by atoms with E-state index >= 15 is 4.79 Å². The molecular weight excluding hydrogens is 1170 g/mol. The predicted molar refractivity (Wildman–Crippen MR) is 294 cm³/mol. The van der Waals surface area contributed by atoms with Crippen molar-refractivity contribution in [2.45, 2.75) is 279 Å². The quantitative estimate of drug-likeness (QED) is 0.0585. The first kappa shape index (κ1) is 68.7. The molecule has 10 rings (SSSR count). The number of carbonyl (C=O) groups is 2. The monoisotopic (exact) mass is 1260 g/mol. The van der Waals surface area contributed by atoms with Gasteiger partial charge in [0.05, 0.1) is 44.1 Å². The fourth-order valence-corrected chi connectivity index (χ4v) is 17.7. The summed E-state index contributed by atoms with van der Waals surface area (Å²) in [5, 5.41) is 173. The lowest BCUT2D eigenvalue weighted by atomic mass is 9.34. The molecule has 10 aliphatic rings. The van der Waals surface area contributed by atoms with E-state index in [2.05, 4.69) is 34.6 Å². The van der Waals surface area contributed by atoms with Crippen LogP contribution in [0.15, 0.2) is 11.1 Å². The zero-order valence-electron chi connectivity index (χ0n) is 51.1. The van der Waals surface area contributed by atoms with E-state index in [0.29, 0.717) is 56.9 Å². The van der Waals surface area contributed by atoms with Crippen molar-refractivity contribution in [3.63, 3.8) is 0 Å². The van der Waals surface area contributed by atoms with Gasteiger partial charge in [0.1, 0.15) is 116 Å². The minimum atomic E-state index is -2.04. The second-order valence-electron chi connectivity index (χ2n) is 28.8. The SMILES string of the molecule is C[C@@H]1O[C@@H](O[C@H]2[C@H](O[C@H]3CC[C@]4(C)[C@H]5CCC6=C7C(=O)C(C)(C)CC[C@]7(C(=O)O[C@@H]7O[C@H](CO)[C@@H](O)[C@H](O)[C@H]7O)CC[C@@]6(C)[C@]5(C)CC[C@H]4C3(C)C)O[C@H](CO)[C@@H](O)[C@@H]2O[C@@H]2O[C@H](CO)[C@@H](O)[C@H](O)[C@H]2O[C@@H]2O[C@H](CO)[C@@H](O)[C@H](O)[C@H]2O)[C@H](O)[C@H](O)[C@H]1O. The molecule has 16 N–H and O–H groups in total. The molecule has 5 saturated heterocycles. The van der Waals surface area contributed by atoms with Gasteiger partial charge in [0.15, 0.2) is 30.9 Å². The number of rotatable bonds is 14. The Labute approximate surface area is 510 Å². The summed E-state index contributed by atoms with van der Waals surface area (Å²) >= 11 is 0. The summed E-state index contributed by atoms with van der Waals surface area (Å²) in [7, 11) is 0. The van der Waals surface area contributed by atoms with Crippen LogP contribution in [-0.4, -0.2) is 280 Å². The predicted octanol–water partition coefficient (Wildman–Crippen LogP) is -3.86. The van der Waals surface area contributed by atoms with E-state index in [9.17, 15) is 86.5 Å². The van der Waals surface area contributed by atoms with Crippen LogP contribution in [0, 0.1) is 44.3 Å². The number of esters is 1. The van der Waals surface area contributed by atoms with E-state index < -0.39 is 219 Å². The molecular formula is C60H96O28. The number of ether oxygens (including phenoxy) is 10. The lowest BCUT2D eigenvalue weighted by Crippen LogP contribution is -2.69. The highest BCUT2D eigenvalue weighted by atomic mass is 16.8. The minimum Gasteiger partial charge on any atom is -0.432 e. The summed E-state index contributed by atoms with van der Waals surface area (Å²) in [5.74, 6) is -0.944. The van der Waals surface area contributed by atoms with Crippen LogP contribution in [-0.2, 0) is 57.0 Å². The van der Waals surface area contributed by atoms with Crippen LogP contribution in [0.3, 0.4) is 0 Å². The van der Waals surface area contributed by atoms with Crippen molar-refractivity contribution < 1.29 is 139 Å². The van der Waals surface area contributed by atoms with Gasteiger partial charge in [0, 0.05) is 11.0 Å². The lowest BCUT2D eigenvalue weighted by Gasteiger charge is -2.71. The van der Waals surface area contributed by atoms with Gasteiger partial charge in [-0.3, -0.25) is 9.59 Å². The zero-order chi connectivity index (χ0) is 64.4. The van der Waals surface area contributed by atoms with Gasteiger partial charge in [-0.2, -0.15) is 0 Å². The lowest BCUT2D eigenvalue weighted by molar-refractivity contribution is -0.409. The van der Waals surface area contributed by atoms with Crippen LogP contribution in [0.5, 0.6) is 0 Å². The van der Waals surface area contributed by atoms with Gasteiger partial charge >= 0.3 is 5.97 Å². The molecule has 0 spiro atoms. The van der Waals surface area contributed by atoms with Crippen molar-refractivity contribution in [3.05, 3.63) is 11.1 Å². The third-order valence-corrected chi connectivity index (χ3v) is 23.4. The summed E-state index contributed by atoms with van der Waals surface area (Å²) in [6.45, 7) is 12.8. The normalized spacial score (nSPS) is 52.8. The number of aliphatic hydroxyl groups is 16. The van der Waals surface area contributed by atoms with Crippen molar-refractivity contribution in [2.24, 2.45) is 44.3 Å². The molecule has 9 fully saturated rings. The molecule has 88 heavy (non-hydrogen) atoms. The smallest absolute Gasteiger partial charge is 0.319 e. The molecule has 0 aromatic heterocycles. The summed E-state index contributed by atoms with van der Waals surface area (Å²) in [5.41, 5.74) is -3.03. The van der Waals surface area contributed by atoms with E-state index in [0.717, 1.165) is 5.57 Å². The Morgan fingerprint density at radius 1 is 0.466 bits per heavy atom. The molecule has 5 heterocycles. The Kier molecular flexibility index (Phi) is 19.7. The maximum absolute atomic E-state index is 15.1. The average Bonchev–Trinajstić information content (AvgIpc) is 0.676. The Morgan fingerprint density at radius 3 is 1.53 bits per heavy atom. The van der Waals surface area contributed by atoms with E-state index in [-0.39, 0.29) is 35.9 Å². The highest BCUT2D eigenvalue weighted by Gasteiger charge is 2.70. The maximum Gasteiger partial charge on any atom is 0.319 e. The number of hydrogen-bond acceptors (Lipinski definition) is 28. The first-order valence-corrected chi connectivity index (χ1v) is 31.2. The van der Waals surface area contributed by atoms with Gasteiger partial charge < -0.3 is 129 Å². The van der Waals surface area contributed by atoms with E-state index in [1.165, 1.54) is 6.92 Å². The highest BCUT2D eigenvalue weighted by Crippen LogP contribution is 2.76.